The number of hydrogen-bond donors (Lipinski definition) is 2. The molecule has 0 amide bonds. The lowest BCUT2D eigenvalue weighted by Gasteiger charge is -2.12. The third-order valence-corrected chi connectivity index (χ3v) is 5.24. The average Bonchev–Trinajstić information content (AvgIpc) is 2.97. The number of carbonyl (C=O) groups is 1. The molecule has 0 aliphatic heterocycles. The van der Waals surface area contributed by atoms with Gasteiger partial charge in [-0.2, -0.15) is 0 Å². The van der Waals surface area contributed by atoms with Gasteiger partial charge in [-0.1, -0.05) is 18.5 Å². The third kappa shape index (κ3) is 3.42. The van der Waals surface area contributed by atoms with E-state index in [0.717, 1.165) is 6.07 Å². The summed E-state index contributed by atoms with van der Waals surface area (Å²) in [6, 6.07) is 5.81. The predicted octanol–water partition coefficient (Wildman–Crippen LogP) is 3.04. The molecule has 0 saturated carbocycles. The Morgan fingerprint density at radius 1 is 1.41 bits per heavy atom. The van der Waals surface area contributed by atoms with Gasteiger partial charge in [0, 0.05) is 0 Å². The Morgan fingerprint density at radius 3 is 2.68 bits per heavy atom. The van der Waals surface area contributed by atoms with Gasteiger partial charge in [-0.05, 0) is 24.3 Å². The Morgan fingerprint density at radius 2 is 2.14 bits per heavy atom. The van der Waals surface area contributed by atoms with Gasteiger partial charge in [0.15, 0.2) is 9.84 Å². The molecule has 2 rings (SSSR count). The molecule has 0 radical (unpaired) electrons. The number of anilines is 1. The number of hydrogen-bond acceptors (Lipinski definition) is 5. The lowest BCUT2D eigenvalue weighted by molar-refractivity contribution is 0.0697. The van der Waals surface area contributed by atoms with Crippen molar-refractivity contribution in [1.29, 1.82) is 0 Å². The van der Waals surface area contributed by atoms with Crippen LogP contribution in [0.2, 0.25) is 5.02 Å². The van der Waals surface area contributed by atoms with Gasteiger partial charge in [-0.3, -0.25) is 0 Å². The maximum Gasteiger partial charge on any atom is 0.337 e. The van der Waals surface area contributed by atoms with Gasteiger partial charge < -0.3 is 14.8 Å². The van der Waals surface area contributed by atoms with Gasteiger partial charge in [0.2, 0.25) is 0 Å². The van der Waals surface area contributed by atoms with Crippen molar-refractivity contribution in [2.24, 2.45) is 0 Å². The Bertz CT molecular complexity index is 784. The van der Waals surface area contributed by atoms with Gasteiger partial charge in [-0.25, -0.2) is 13.2 Å². The Kier molecular flexibility index (Phi) is 4.77. The van der Waals surface area contributed by atoms with Crippen molar-refractivity contribution in [3.63, 3.8) is 0 Å². The minimum Gasteiger partial charge on any atom is -0.478 e. The van der Waals surface area contributed by atoms with Crippen LogP contribution in [-0.2, 0) is 16.4 Å². The molecule has 2 N–H and O–H groups in total. The summed E-state index contributed by atoms with van der Waals surface area (Å²) in [6.45, 7) is 1.72. The predicted molar refractivity (Wildman–Crippen MR) is 82.2 cm³/mol. The first-order chi connectivity index (χ1) is 10.3. The molecule has 0 atom stereocenters. The molecule has 6 nitrogen and oxygen atoms in total. The van der Waals surface area contributed by atoms with Crippen LogP contribution >= 0.6 is 11.6 Å². The van der Waals surface area contributed by atoms with Crippen LogP contribution in [0.15, 0.2) is 39.8 Å². The normalized spacial score (nSPS) is 11.4. The summed E-state index contributed by atoms with van der Waals surface area (Å²) in [7, 11) is -3.60. The molecule has 1 aromatic heterocycles. The van der Waals surface area contributed by atoms with Crippen LogP contribution in [0.4, 0.5) is 5.69 Å². The number of sulfone groups is 1. The molecule has 8 heteroatoms. The van der Waals surface area contributed by atoms with Crippen molar-refractivity contribution in [3.8, 4) is 0 Å². The highest BCUT2D eigenvalue weighted by Gasteiger charge is 2.21. The highest BCUT2D eigenvalue weighted by atomic mass is 35.5. The fraction of sp³-hybridized carbons (Fsp3) is 0.214. The first kappa shape index (κ1) is 16.4. The average molecular weight is 344 g/mol. The lowest BCUT2D eigenvalue weighted by Crippen LogP contribution is -2.10. The van der Waals surface area contributed by atoms with Crippen LogP contribution in [0.1, 0.15) is 23.0 Å². The first-order valence-corrected chi connectivity index (χ1v) is 8.44. The number of carboxylic acid groups (broad SMARTS) is 1. The molecular formula is C14H14ClNO5S. The maximum absolute atomic E-state index is 11.9. The second kappa shape index (κ2) is 6.41. The summed E-state index contributed by atoms with van der Waals surface area (Å²) < 4.78 is 29.0. The van der Waals surface area contributed by atoms with Gasteiger partial charge in [0.25, 0.3) is 0 Å². The fourth-order valence-electron chi connectivity index (χ4n) is 1.87. The van der Waals surface area contributed by atoms with E-state index in [2.05, 4.69) is 5.32 Å². The number of carboxylic acids is 1. The van der Waals surface area contributed by atoms with Gasteiger partial charge in [0.1, 0.15) is 5.76 Å². The van der Waals surface area contributed by atoms with E-state index in [0.29, 0.717) is 5.76 Å². The zero-order chi connectivity index (χ0) is 16.3. The second-order valence-corrected chi connectivity index (χ2v) is 7.12. The first-order valence-electron chi connectivity index (χ1n) is 6.41. The molecule has 22 heavy (non-hydrogen) atoms. The zero-order valence-corrected chi connectivity index (χ0v) is 13.2. The maximum atomic E-state index is 11.9. The summed E-state index contributed by atoms with van der Waals surface area (Å²) in [5, 5.41) is 12.1. The fourth-order valence-corrected chi connectivity index (χ4v) is 3.35. The summed E-state index contributed by atoms with van der Waals surface area (Å²) in [4.78, 5) is 11.2. The Hall–Kier alpha value is -1.99. The van der Waals surface area contributed by atoms with Crippen molar-refractivity contribution < 1.29 is 22.7 Å². The zero-order valence-electron chi connectivity index (χ0n) is 11.7. The minimum atomic E-state index is -3.60. The number of halogens is 1. The van der Waals surface area contributed by atoms with Crippen molar-refractivity contribution >= 4 is 33.1 Å². The molecule has 0 spiro atoms. The van der Waals surface area contributed by atoms with E-state index < -0.39 is 15.8 Å². The van der Waals surface area contributed by atoms with Crippen molar-refractivity contribution in [2.75, 3.05) is 11.1 Å². The third-order valence-electron chi connectivity index (χ3n) is 3.05. The standard InChI is InChI=1S/C14H14ClNO5S/c1-2-22(19,20)13-6-10(14(17)18)12(7-11(13)15)16-8-9-4-3-5-21-9/h3-7,16H,2,8H2,1H3,(H,17,18). The van der Waals surface area contributed by atoms with Gasteiger partial charge in [-0.15, -0.1) is 0 Å². The summed E-state index contributed by atoms with van der Waals surface area (Å²) in [5.74, 6) is -0.797. The van der Waals surface area contributed by atoms with Crippen LogP contribution in [-0.4, -0.2) is 25.2 Å². The molecule has 0 aliphatic rings. The van der Waals surface area contributed by atoms with Crippen LogP contribution in [0.25, 0.3) is 0 Å². The number of aromatic carboxylic acids is 1. The molecule has 2 aromatic rings. The lowest BCUT2D eigenvalue weighted by atomic mass is 10.1. The molecule has 0 aliphatic carbocycles. The van der Waals surface area contributed by atoms with Gasteiger partial charge >= 0.3 is 5.97 Å². The van der Waals surface area contributed by atoms with E-state index in [1.54, 1.807) is 12.1 Å². The minimum absolute atomic E-state index is 0.0196. The highest BCUT2D eigenvalue weighted by Crippen LogP contribution is 2.30. The number of benzene rings is 1. The Balaban J connectivity index is 2.42. The van der Waals surface area contributed by atoms with E-state index in [1.165, 1.54) is 19.3 Å². The van der Waals surface area contributed by atoms with E-state index in [9.17, 15) is 18.3 Å². The van der Waals surface area contributed by atoms with Crippen molar-refractivity contribution in [2.45, 2.75) is 18.4 Å². The summed E-state index contributed by atoms with van der Waals surface area (Å²) in [6.07, 6.45) is 1.50. The smallest absolute Gasteiger partial charge is 0.337 e. The number of rotatable bonds is 6. The van der Waals surface area contributed by atoms with Crippen LogP contribution < -0.4 is 5.32 Å². The summed E-state index contributed by atoms with van der Waals surface area (Å²) in [5.41, 5.74) is 0.0620. The monoisotopic (exact) mass is 343 g/mol. The SMILES string of the molecule is CCS(=O)(=O)c1cc(C(=O)O)c(NCc2ccco2)cc1Cl. The molecule has 1 heterocycles. The Labute approximate surface area is 132 Å². The second-order valence-electron chi connectivity index (χ2n) is 4.47. The topological polar surface area (TPSA) is 96.6 Å². The quantitative estimate of drug-likeness (QED) is 0.836. The molecule has 0 bridgehead atoms. The molecular weight excluding hydrogens is 330 g/mol. The van der Waals surface area contributed by atoms with E-state index in [4.69, 9.17) is 16.0 Å². The number of nitrogens with one attached hydrogen (secondary N) is 1. The summed E-state index contributed by atoms with van der Waals surface area (Å²) >= 11 is 5.99. The van der Waals surface area contributed by atoms with Crippen LogP contribution in [0, 0.1) is 0 Å². The number of furan rings is 1. The molecule has 0 unspecified atom stereocenters. The van der Waals surface area contributed by atoms with E-state index in [-0.39, 0.29) is 33.5 Å². The highest BCUT2D eigenvalue weighted by molar-refractivity contribution is 7.91. The molecule has 1 aromatic carbocycles. The van der Waals surface area contributed by atoms with Crippen LogP contribution in [0.5, 0.6) is 0 Å². The van der Waals surface area contributed by atoms with Gasteiger partial charge in [0.05, 0.1) is 39.7 Å². The van der Waals surface area contributed by atoms with Crippen molar-refractivity contribution in [3.05, 3.63) is 46.9 Å². The molecule has 0 saturated heterocycles. The van der Waals surface area contributed by atoms with E-state index in [1.807, 2.05) is 0 Å². The van der Waals surface area contributed by atoms with Crippen molar-refractivity contribution in [1.82, 2.24) is 0 Å². The molecule has 118 valence electrons. The largest absolute Gasteiger partial charge is 0.478 e. The van der Waals surface area contributed by atoms with E-state index >= 15 is 0 Å². The molecule has 0 fully saturated rings. The van der Waals surface area contributed by atoms with Crippen LogP contribution in [0.3, 0.4) is 0 Å².